The van der Waals surface area contributed by atoms with Gasteiger partial charge < -0.3 is 10.4 Å². The Bertz CT molecular complexity index is 1290. The molecule has 4 rings (SSSR count). The van der Waals surface area contributed by atoms with E-state index in [9.17, 15) is 28.3 Å². The van der Waals surface area contributed by atoms with Gasteiger partial charge in [-0.2, -0.15) is 5.10 Å². The van der Waals surface area contributed by atoms with Gasteiger partial charge >= 0.3 is 6.09 Å². The lowest BCUT2D eigenvalue weighted by Crippen LogP contribution is -2.50. The lowest BCUT2D eigenvalue weighted by atomic mass is 10.1. The molecule has 0 unspecified atom stereocenters. The second kappa shape index (κ2) is 10.4. The number of rotatable bonds is 7. The number of nitrogens with zero attached hydrogens (tertiary/aromatic N) is 4. The van der Waals surface area contributed by atoms with Crippen LogP contribution in [0.3, 0.4) is 0 Å². The molecule has 1 saturated heterocycles. The summed E-state index contributed by atoms with van der Waals surface area (Å²) in [6.45, 7) is 1.92. The Morgan fingerprint density at radius 3 is 2.60 bits per heavy atom. The molecule has 0 spiro atoms. The smallest absolute Gasteiger partial charge is 0.411 e. The highest BCUT2D eigenvalue weighted by molar-refractivity contribution is 5.86. The van der Waals surface area contributed by atoms with Gasteiger partial charge in [0.25, 0.3) is 0 Å². The van der Waals surface area contributed by atoms with Crippen molar-refractivity contribution in [3.63, 3.8) is 0 Å². The Hall–Kier alpha value is -4.12. The molecule has 1 fully saturated rings. The summed E-state index contributed by atoms with van der Waals surface area (Å²) >= 11 is 0. The maximum atomic E-state index is 13.6. The molecular weight excluding hydrogens is 460 g/mol. The largest absolute Gasteiger partial charge is 0.465 e. The Balaban J connectivity index is 1.53. The average molecular weight is 483 g/mol. The first-order valence-electron chi connectivity index (χ1n) is 10.9. The lowest BCUT2D eigenvalue weighted by molar-refractivity contribution is -0.124. The predicted octanol–water partition coefficient (Wildman–Crippen LogP) is 2.02. The minimum Gasteiger partial charge on any atom is -0.465 e. The van der Waals surface area contributed by atoms with Crippen LogP contribution in [0.15, 0.2) is 59.5 Å². The van der Waals surface area contributed by atoms with E-state index in [2.05, 4.69) is 10.4 Å². The summed E-state index contributed by atoms with van der Waals surface area (Å²) in [6, 6.07) is 10.9. The van der Waals surface area contributed by atoms with Crippen LogP contribution in [0.2, 0.25) is 0 Å². The maximum Gasteiger partial charge on any atom is 0.411 e. The summed E-state index contributed by atoms with van der Waals surface area (Å²) in [6.07, 6.45) is 0.270. The van der Waals surface area contributed by atoms with Crippen LogP contribution in [0.1, 0.15) is 11.3 Å². The van der Waals surface area contributed by atoms with E-state index < -0.39 is 17.7 Å². The predicted molar refractivity (Wildman–Crippen MR) is 124 cm³/mol. The monoisotopic (exact) mass is 483 g/mol. The van der Waals surface area contributed by atoms with E-state index in [0.717, 1.165) is 18.2 Å². The highest BCUT2D eigenvalue weighted by Crippen LogP contribution is 2.19. The number of benzene rings is 2. The Labute approximate surface area is 199 Å². The van der Waals surface area contributed by atoms with Gasteiger partial charge in [0.05, 0.1) is 12.2 Å². The summed E-state index contributed by atoms with van der Waals surface area (Å²) in [4.78, 5) is 38.9. The quantitative estimate of drug-likeness (QED) is 0.533. The van der Waals surface area contributed by atoms with E-state index in [0.29, 0.717) is 30.9 Å². The zero-order chi connectivity index (χ0) is 24.9. The molecule has 0 bridgehead atoms. The standard InChI is InChI=1S/C24H23F2N5O4/c25-17-12-18(26)14-20(13-17)31-6-4-22(32)21(28-31)11-16-2-1-3-19(10-16)30(24(34)35)9-8-29-7-5-27-23(33)15-29/h1-4,6,10,12-14H,5,7-9,11,15H2,(H,27,33)(H,34,35). The second-order valence-corrected chi connectivity index (χ2v) is 8.11. The second-order valence-electron chi connectivity index (χ2n) is 8.11. The molecule has 0 atom stereocenters. The number of hydrogen-bond donors (Lipinski definition) is 2. The van der Waals surface area contributed by atoms with Gasteiger partial charge in [0.15, 0.2) is 0 Å². The van der Waals surface area contributed by atoms with Crippen LogP contribution >= 0.6 is 0 Å². The maximum absolute atomic E-state index is 13.6. The van der Waals surface area contributed by atoms with Gasteiger partial charge in [-0.3, -0.25) is 19.4 Å². The highest BCUT2D eigenvalue weighted by atomic mass is 19.1. The number of nitrogens with one attached hydrogen (secondary N) is 1. The molecule has 182 valence electrons. The first-order valence-corrected chi connectivity index (χ1v) is 10.9. The van der Waals surface area contributed by atoms with Crippen molar-refractivity contribution in [1.82, 2.24) is 20.0 Å². The van der Waals surface area contributed by atoms with Gasteiger partial charge in [0.1, 0.15) is 17.3 Å². The Kier molecular flexibility index (Phi) is 7.16. The fourth-order valence-corrected chi connectivity index (χ4v) is 3.87. The van der Waals surface area contributed by atoms with Gasteiger partial charge in [-0.25, -0.2) is 18.3 Å². The minimum atomic E-state index is -1.14. The van der Waals surface area contributed by atoms with Gasteiger partial charge in [-0.15, -0.1) is 0 Å². The number of anilines is 1. The molecule has 3 aromatic rings. The van der Waals surface area contributed by atoms with Crippen molar-refractivity contribution in [3.8, 4) is 5.69 Å². The van der Waals surface area contributed by atoms with Crippen LogP contribution in [0, 0.1) is 11.6 Å². The molecule has 9 nitrogen and oxygen atoms in total. The van der Waals surface area contributed by atoms with E-state index >= 15 is 0 Å². The first kappa shape index (κ1) is 24.0. The molecule has 1 aromatic heterocycles. The third-order valence-corrected chi connectivity index (χ3v) is 5.57. The molecule has 2 aromatic carbocycles. The van der Waals surface area contributed by atoms with Gasteiger partial charge in [0, 0.05) is 56.6 Å². The van der Waals surface area contributed by atoms with E-state index in [1.807, 2.05) is 4.90 Å². The number of hydrogen-bond acceptors (Lipinski definition) is 5. The lowest BCUT2D eigenvalue weighted by Gasteiger charge is -2.29. The van der Waals surface area contributed by atoms with Gasteiger partial charge in [-0.1, -0.05) is 12.1 Å². The van der Waals surface area contributed by atoms with E-state index in [-0.39, 0.29) is 42.2 Å². The molecular formula is C24H23F2N5O4. The van der Waals surface area contributed by atoms with Crippen LogP contribution in [0.25, 0.3) is 5.69 Å². The zero-order valence-electron chi connectivity index (χ0n) is 18.7. The molecule has 2 N–H and O–H groups in total. The molecule has 2 heterocycles. The number of carboxylic acid groups (broad SMARTS) is 1. The van der Waals surface area contributed by atoms with Crippen LogP contribution in [0.4, 0.5) is 19.3 Å². The van der Waals surface area contributed by atoms with Crippen molar-refractivity contribution in [2.24, 2.45) is 0 Å². The molecule has 2 amide bonds. The van der Waals surface area contributed by atoms with Crippen molar-refractivity contribution in [1.29, 1.82) is 0 Å². The van der Waals surface area contributed by atoms with Crippen molar-refractivity contribution < 1.29 is 23.5 Å². The fourth-order valence-electron chi connectivity index (χ4n) is 3.87. The van der Waals surface area contributed by atoms with Crippen molar-refractivity contribution >= 4 is 17.7 Å². The van der Waals surface area contributed by atoms with Gasteiger partial charge in [-0.05, 0) is 29.8 Å². The third kappa shape index (κ3) is 6.07. The van der Waals surface area contributed by atoms with Crippen LogP contribution in [-0.2, 0) is 11.2 Å². The Morgan fingerprint density at radius 2 is 1.89 bits per heavy atom. The zero-order valence-corrected chi connectivity index (χ0v) is 18.7. The summed E-state index contributed by atoms with van der Waals surface area (Å²) < 4.78 is 28.4. The van der Waals surface area contributed by atoms with E-state index in [4.69, 9.17) is 0 Å². The minimum absolute atomic E-state index is 0.0884. The normalized spacial score (nSPS) is 13.9. The molecule has 1 aliphatic heterocycles. The average Bonchev–Trinajstić information content (AvgIpc) is 2.80. The number of halogens is 2. The SMILES string of the molecule is O=C1CN(CCN(C(=O)O)c2cccc(Cc3nn(-c4cc(F)cc(F)c4)ccc3=O)c2)CCN1. The van der Waals surface area contributed by atoms with Crippen LogP contribution < -0.4 is 15.6 Å². The number of piperazine rings is 1. The van der Waals surface area contributed by atoms with Crippen LogP contribution in [0.5, 0.6) is 0 Å². The first-order chi connectivity index (χ1) is 16.8. The fraction of sp³-hybridized carbons (Fsp3) is 0.250. The van der Waals surface area contributed by atoms with Gasteiger partial charge in [0.2, 0.25) is 11.3 Å². The summed E-state index contributed by atoms with van der Waals surface area (Å²) in [5, 5.41) is 16.7. The van der Waals surface area contributed by atoms with Crippen molar-refractivity contribution in [2.75, 3.05) is 37.6 Å². The highest BCUT2D eigenvalue weighted by Gasteiger charge is 2.20. The van der Waals surface area contributed by atoms with E-state index in [1.165, 1.54) is 21.8 Å². The molecule has 0 radical (unpaired) electrons. The number of amides is 2. The number of carbonyl (C=O) groups excluding carboxylic acids is 1. The topological polar surface area (TPSA) is 108 Å². The van der Waals surface area contributed by atoms with Crippen molar-refractivity contribution in [3.05, 3.63) is 87.8 Å². The Morgan fingerprint density at radius 1 is 1.11 bits per heavy atom. The van der Waals surface area contributed by atoms with Crippen LogP contribution in [-0.4, -0.2) is 64.5 Å². The summed E-state index contributed by atoms with van der Waals surface area (Å²) in [5.41, 5.74) is 0.956. The molecule has 1 aliphatic rings. The number of carbonyl (C=O) groups is 2. The summed E-state index contributed by atoms with van der Waals surface area (Å²) in [7, 11) is 0. The molecule has 35 heavy (non-hydrogen) atoms. The third-order valence-electron chi connectivity index (χ3n) is 5.57. The van der Waals surface area contributed by atoms with Crippen molar-refractivity contribution in [2.45, 2.75) is 6.42 Å². The van der Waals surface area contributed by atoms with E-state index in [1.54, 1.807) is 24.3 Å². The number of aromatic nitrogens is 2. The molecule has 0 saturated carbocycles. The molecule has 0 aliphatic carbocycles. The summed E-state index contributed by atoms with van der Waals surface area (Å²) in [5.74, 6) is -1.63. The molecule has 11 heteroatoms.